The number of nitrogens with one attached hydrogen (secondary N) is 2. The summed E-state index contributed by atoms with van der Waals surface area (Å²) in [6.07, 6.45) is -0.683. The zero-order valence-corrected chi connectivity index (χ0v) is 19.5. The molecule has 0 saturated carbocycles. The number of halogens is 4. The van der Waals surface area contributed by atoms with Crippen molar-refractivity contribution in [1.29, 1.82) is 0 Å². The van der Waals surface area contributed by atoms with Crippen LogP contribution < -0.4 is 10.6 Å². The highest BCUT2D eigenvalue weighted by atomic mass is 127. The van der Waals surface area contributed by atoms with E-state index < -0.39 is 11.7 Å². The standard InChI is InChI=1S/C20H28F3N5.HI/c1-5-24-19(26-12-18-25-9-10-28(18)13-14(2)3)27-15(4)16-7-6-8-17(11-16)20(21,22)23;/h6-11,14-15H,5,12-13H2,1-4H3,(H2,24,26,27);1H. The second-order valence-electron chi connectivity index (χ2n) is 7.07. The normalized spacial score (nSPS) is 13.2. The van der Waals surface area contributed by atoms with Crippen LogP contribution in [0.1, 0.15) is 50.7 Å². The van der Waals surface area contributed by atoms with Crippen molar-refractivity contribution in [1.82, 2.24) is 20.2 Å². The van der Waals surface area contributed by atoms with Gasteiger partial charge in [-0.2, -0.15) is 13.2 Å². The first kappa shape index (κ1) is 25.3. The van der Waals surface area contributed by atoms with Crippen LogP contribution in [-0.2, 0) is 19.3 Å². The first-order chi connectivity index (χ1) is 13.2. The number of aromatic nitrogens is 2. The van der Waals surface area contributed by atoms with Crippen molar-refractivity contribution in [2.45, 2.75) is 53.0 Å². The van der Waals surface area contributed by atoms with Crippen molar-refractivity contribution >= 4 is 29.9 Å². The largest absolute Gasteiger partial charge is 0.416 e. The molecule has 0 radical (unpaired) electrons. The van der Waals surface area contributed by atoms with Crippen LogP contribution in [0.2, 0.25) is 0 Å². The Balaban J connectivity index is 0.00000420. The zero-order chi connectivity index (χ0) is 20.7. The third kappa shape index (κ3) is 7.87. The van der Waals surface area contributed by atoms with E-state index in [0.717, 1.165) is 24.5 Å². The number of benzene rings is 1. The number of hydrogen-bond acceptors (Lipinski definition) is 2. The van der Waals surface area contributed by atoms with E-state index in [2.05, 4.69) is 39.0 Å². The maximum Gasteiger partial charge on any atom is 0.416 e. The Bertz CT molecular complexity index is 786. The van der Waals surface area contributed by atoms with E-state index in [-0.39, 0.29) is 30.0 Å². The lowest BCUT2D eigenvalue weighted by molar-refractivity contribution is -0.137. The molecule has 0 fully saturated rings. The Morgan fingerprint density at radius 2 is 1.97 bits per heavy atom. The quantitative estimate of drug-likeness (QED) is 0.306. The molecule has 162 valence electrons. The van der Waals surface area contributed by atoms with Gasteiger partial charge in [-0.1, -0.05) is 26.0 Å². The molecule has 1 atom stereocenters. The van der Waals surface area contributed by atoms with E-state index in [1.54, 1.807) is 12.3 Å². The number of imidazole rings is 1. The highest BCUT2D eigenvalue weighted by Gasteiger charge is 2.30. The van der Waals surface area contributed by atoms with E-state index in [0.29, 0.717) is 30.5 Å². The maximum atomic E-state index is 13.0. The van der Waals surface area contributed by atoms with Crippen molar-refractivity contribution < 1.29 is 13.2 Å². The van der Waals surface area contributed by atoms with Crippen molar-refractivity contribution in [2.24, 2.45) is 10.9 Å². The van der Waals surface area contributed by atoms with Crippen molar-refractivity contribution in [3.05, 3.63) is 53.6 Å². The van der Waals surface area contributed by atoms with Crippen LogP contribution in [0.5, 0.6) is 0 Å². The smallest absolute Gasteiger partial charge is 0.357 e. The lowest BCUT2D eigenvalue weighted by Crippen LogP contribution is -2.38. The summed E-state index contributed by atoms with van der Waals surface area (Å²) in [5.41, 5.74) is -0.113. The van der Waals surface area contributed by atoms with E-state index >= 15 is 0 Å². The van der Waals surface area contributed by atoms with Crippen LogP contribution in [0.25, 0.3) is 0 Å². The summed E-state index contributed by atoms with van der Waals surface area (Å²) in [5.74, 6) is 1.87. The topological polar surface area (TPSA) is 54.2 Å². The molecular weight excluding hydrogens is 494 g/mol. The first-order valence-electron chi connectivity index (χ1n) is 9.42. The summed E-state index contributed by atoms with van der Waals surface area (Å²) in [6.45, 7) is 9.89. The predicted molar refractivity (Wildman–Crippen MR) is 120 cm³/mol. The molecule has 1 heterocycles. The van der Waals surface area contributed by atoms with E-state index in [9.17, 15) is 13.2 Å². The van der Waals surface area contributed by atoms with Gasteiger partial charge in [0.05, 0.1) is 11.6 Å². The Labute approximate surface area is 187 Å². The molecule has 0 spiro atoms. The summed E-state index contributed by atoms with van der Waals surface area (Å²) in [5, 5.41) is 6.30. The molecule has 29 heavy (non-hydrogen) atoms. The first-order valence-corrected chi connectivity index (χ1v) is 9.42. The van der Waals surface area contributed by atoms with Gasteiger partial charge < -0.3 is 15.2 Å². The monoisotopic (exact) mass is 523 g/mol. The highest BCUT2D eigenvalue weighted by Crippen LogP contribution is 2.30. The molecular formula is C20H29F3IN5. The van der Waals surface area contributed by atoms with Gasteiger partial charge in [-0.15, -0.1) is 24.0 Å². The minimum absolute atomic E-state index is 0. The number of alkyl halides is 3. The van der Waals surface area contributed by atoms with Gasteiger partial charge in [0.15, 0.2) is 5.96 Å². The molecule has 5 nitrogen and oxygen atoms in total. The number of aliphatic imine (C=N–C) groups is 1. The molecule has 1 aromatic heterocycles. The number of hydrogen-bond donors (Lipinski definition) is 2. The van der Waals surface area contributed by atoms with Crippen molar-refractivity contribution in [3.63, 3.8) is 0 Å². The highest BCUT2D eigenvalue weighted by molar-refractivity contribution is 14.0. The molecule has 2 N–H and O–H groups in total. The number of nitrogens with zero attached hydrogens (tertiary/aromatic N) is 3. The summed E-state index contributed by atoms with van der Waals surface area (Å²) in [4.78, 5) is 8.90. The molecule has 0 saturated heterocycles. The van der Waals surface area contributed by atoms with Gasteiger partial charge in [0.2, 0.25) is 0 Å². The van der Waals surface area contributed by atoms with Gasteiger partial charge in [-0.3, -0.25) is 0 Å². The van der Waals surface area contributed by atoms with Gasteiger partial charge in [0, 0.05) is 25.5 Å². The van der Waals surface area contributed by atoms with Gasteiger partial charge in [-0.05, 0) is 37.5 Å². The molecule has 0 amide bonds. The lowest BCUT2D eigenvalue weighted by Gasteiger charge is -2.19. The second-order valence-corrected chi connectivity index (χ2v) is 7.07. The van der Waals surface area contributed by atoms with Crippen LogP contribution in [0.15, 0.2) is 41.7 Å². The minimum Gasteiger partial charge on any atom is -0.357 e. The van der Waals surface area contributed by atoms with Crippen LogP contribution in [-0.4, -0.2) is 22.1 Å². The van der Waals surface area contributed by atoms with Crippen molar-refractivity contribution in [2.75, 3.05) is 6.54 Å². The summed E-state index contributed by atoms with van der Waals surface area (Å²) in [7, 11) is 0. The average molecular weight is 523 g/mol. The van der Waals surface area contributed by atoms with E-state index in [1.807, 2.05) is 20.0 Å². The maximum absolute atomic E-state index is 13.0. The van der Waals surface area contributed by atoms with Crippen LogP contribution in [0.3, 0.4) is 0 Å². The third-order valence-corrected chi connectivity index (χ3v) is 4.15. The Hall–Kier alpha value is -1.78. The molecule has 9 heteroatoms. The third-order valence-electron chi connectivity index (χ3n) is 4.15. The van der Waals surface area contributed by atoms with Crippen molar-refractivity contribution in [3.8, 4) is 0 Å². The summed E-state index contributed by atoms with van der Waals surface area (Å²) < 4.78 is 40.9. The summed E-state index contributed by atoms with van der Waals surface area (Å²) >= 11 is 0. The molecule has 2 aromatic rings. The molecule has 0 aliphatic heterocycles. The van der Waals surface area contributed by atoms with Gasteiger partial charge >= 0.3 is 6.18 Å². The fourth-order valence-electron chi connectivity index (χ4n) is 2.79. The minimum atomic E-state index is -4.36. The van der Waals surface area contributed by atoms with Crippen LogP contribution in [0.4, 0.5) is 13.2 Å². The molecule has 1 aromatic carbocycles. The Morgan fingerprint density at radius 3 is 2.59 bits per heavy atom. The molecule has 0 aliphatic carbocycles. The fourth-order valence-corrected chi connectivity index (χ4v) is 2.79. The van der Waals surface area contributed by atoms with Crippen LogP contribution >= 0.6 is 24.0 Å². The van der Waals surface area contributed by atoms with E-state index in [4.69, 9.17) is 0 Å². The molecule has 2 rings (SSSR count). The Morgan fingerprint density at radius 1 is 1.24 bits per heavy atom. The SMILES string of the molecule is CCNC(=NCc1nccn1CC(C)C)NC(C)c1cccc(C(F)(F)F)c1.I. The zero-order valence-electron chi connectivity index (χ0n) is 17.1. The fraction of sp³-hybridized carbons (Fsp3) is 0.500. The van der Waals surface area contributed by atoms with Gasteiger partial charge in [0.1, 0.15) is 12.4 Å². The molecule has 1 unspecified atom stereocenters. The number of rotatable bonds is 7. The van der Waals surface area contributed by atoms with Crippen LogP contribution in [0, 0.1) is 5.92 Å². The lowest BCUT2D eigenvalue weighted by atomic mass is 10.1. The van der Waals surface area contributed by atoms with Gasteiger partial charge in [-0.25, -0.2) is 9.98 Å². The summed E-state index contributed by atoms with van der Waals surface area (Å²) in [6, 6.07) is 4.99. The second kappa shape index (κ2) is 11.4. The molecule has 0 aliphatic rings. The molecule has 0 bridgehead atoms. The number of guanidine groups is 1. The van der Waals surface area contributed by atoms with Gasteiger partial charge in [0.25, 0.3) is 0 Å². The average Bonchev–Trinajstić information content (AvgIpc) is 3.05. The van der Waals surface area contributed by atoms with E-state index in [1.165, 1.54) is 6.07 Å². The Kier molecular flexibility index (Phi) is 9.94. The predicted octanol–water partition coefficient (Wildman–Crippen LogP) is 4.99.